The molecule has 2 N–H and O–H groups in total. The van der Waals surface area contributed by atoms with Crippen LogP contribution in [0, 0.1) is 24.7 Å². The molecule has 0 aliphatic rings. The number of aliphatic carboxylic acids is 1. The first-order valence-electron chi connectivity index (χ1n) is 5.22. The molecule has 5 heteroatoms. The molecule has 0 saturated heterocycles. The smallest absolute Gasteiger partial charge is 0.323 e. The van der Waals surface area contributed by atoms with Crippen molar-refractivity contribution in [1.29, 1.82) is 0 Å². The molecule has 2 amide bonds. The zero-order chi connectivity index (χ0) is 13.3. The minimum atomic E-state index is -1.12. The number of nitrogens with zero attached hydrogens (tertiary/aromatic N) is 1. The van der Waals surface area contributed by atoms with E-state index in [2.05, 4.69) is 17.2 Å². The van der Waals surface area contributed by atoms with Crippen LogP contribution in [0.2, 0.25) is 0 Å². The number of hydrogen-bond acceptors (Lipinski definition) is 2. The molecule has 1 unspecified atom stereocenters. The zero-order valence-electron chi connectivity index (χ0n) is 9.77. The number of urea groups is 1. The van der Waals surface area contributed by atoms with Gasteiger partial charge < -0.3 is 15.3 Å². The van der Waals surface area contributed by atoms with Crippen molar-refractivity contribution in [3.63, 3.8) is 0 Å². The van der Waals surface area contributed by atoms with E-state index in [1.807, 2.05) is 6.92 Å². The Morgan fingerprint density at radius 2 is 2.12 bits per heavy atom. The molecule has 0 aliphatic carbocycles. The average Bonchev–Trinajstić information content (AvgIpc) is 2.27. The van der Waals surface area contributed by atoms with Gasteiger partial charge in [-0.3, -0.25) is 4.79 Å². The number of amides is 2. The number of rotatable bonds is 6. The van der Waals surface area contributed by atoms with Crippen LogP contribution in [0.1, 0.15) is 19.8 Å². The highest BCUT2D eigenvalue weighted by atomic mass is 16.4. The molecule has 0 bridgehead atoms. The maximum absolute atomic E-state index is 11.7. The Hall–Kier alpha value is -2.14. The summed E-state index contributed by atoms with van der Waals surface area (Å²) in [7, 11) is 0. The summed E-state index contributed by atoms with van der Waals surface area (Å²) in [6.45, 7) is 1.42. The van der Waals surface area contributed by atoms with E-state index in [-0.39, 0.29) is 6.54 Å². The molecule has 0 rings (SSSR count). The van der Waals surface area contributed by atoms with Gasteiger partial charge in [-0.2, -0.15) is 0 Å². The lowest BCUT2D eigenvalue weighted by molar-refractivity contribution is -0.137. The average molecular weight is 236 g/mol. The van der Waals surface area contributed by atoms with Crippen molar-refractivity contribution in [2.75, 3.05) is 13.1 Å². The third-order valence-corrected chi connectivity index (χ3v) is 1.97. The lowest BCUT2D eigenvalue weighted by atomic mass is 10.2. The molecule has 0 aromatic carbocycles. The summed E-state index contributed by atoms with van der Waals surface area (Å²) in [6.07, 6.45) is 11.8. The molecule has 0 aromatic heterocycles. The van der Waals surface area contributed by atoms with Crippen LogP contribution in [-0.4, -0.2) is 41.1 Å². The highest BCUT2D eigenvalue weighted by Crippen LogP contribution is 1.97. The molecule has 0 fully saturated rings. The van der Waals surface area contributed by atoms with Crippen molar-refractivity contribution >= 4 is 12.0 Å². The summed E-state index contributed by atoms with van der Waals surface area (Å²) in [5, 5.41) is 11.2. The van der Waals surface area contributed by atoms with Gasteiger partial charge in [0.1, 0.15) is 6.54 Å². The number of carboxylic acid groups (broad SMARTS) is 1. The first-order chi connectivity index (χ1) is 8.04. The molecule has 0 spiro atoms. The van der Waals surface area contributed by atoms with Gasteiger partial charge in [-0.05, 0) is 6.42 Å². The molecular weight excluding hydrogens is 220 g/mol. The first-order valence-corrected chi connectivity index (χ1v) is 5.22. The van der Waals surface area contributed by atoms with E-state index in [9.17, 15) is 9.59 Å². The van der Waals surface area contributed by atoms with Crippen LogP contribution < -0.4 is 5.32 Å². The van der Waals surface area contributed by atoms with Crippen LogP contribution in [-0.2, 0) is 4.79 Å². The Morgan fingerprint density at radius 3 is 2.53 bits per heavy atom. The fraction of sp³-hybridized carbons (Fsp3) is 0.500. The Labute approximate surface area is 101 Å². The first kappa shape index (κ1) is 14.9. The molecule has 0 radical (unpaired) electrons. The molecule has 1 atom stereocenters. The molecule has 0 aromatic rings. The highest BCUT2D eigenvalue weighted by Gasteiger charge is 2.17. The van der Waals surface area contributed by atoms with Gasteiger partial charge in [-0.15, -0.1) is 12.8 Å². The molecule has 0 saturated carbocycles. The van der Waals surface area contributed by atoms with Gasteiger partial charge >= 0.3 is 12.0 Å². The Kier molecular flexibility index (Phi) is 7.05. The van der Waals surface area contributed by atoms with Crippen LogP contribution >= 0.6 is 0 Å². The third-order valence-electron chi connectivity index (χ3n) is 1.97. The maximum Gasteiger partial charge on any atom is 0.323 e. The number of carbonyl (C=O) groups excluding carboxylic acids is 1. The van der Waals surface area contributed by atoms with Crippen LogP contribution in [0.4, 0.5) is 4.79 Å². The summed E-state index contributed by atoms with van der Waals surface area (Å²) < 4.78 is 0. The minimum Gasteiger partial charge on any atom is -0.480 e. The number of hydrogen-bond donors (Lipinski definition) is 2. The van der Waals surface area contributed by atoms with E-state index in [4.69, 9.17) is 18.0 Å². The second-order valence-corrected chi connectivity index (χ2v) is 3.41. The number of nitrogens with one attached hydrogen (secondary N) is 1. The van der Waals surface area contributed by atoms with E-state index in [0.717, 1.165) is 11.3 Å². The number of terminal acetylenes is 2. The Morgan fingerprint density at radius 1 is 1.47 bits per heavy atom. The summed E-state index contributed by atoms with van der Waals surface area (Å²) in [5.41, 5.74) is 0. The predicted octanol–water partition coefficient (Wildman–Crippen LogP) is 0.518. The van der Waals surface area contributed by atoms with Crippen molar-refractivity contribution in [3.8, 4) is 24.7 Å². The normalized spacial score (nSPS) is 10.8. The van der Waals surface area contributed by atoms with Gasteiger partial charge in [-0.1, -0.05) is 25.2 Å². The fourth-order valence-electron chi connectivity index (χ4n) is 1.20. The van der Waals surface area contributed by atoms with Crippen molar-refractivity contribution < 1.29 is 14.7 Å². The Balaban J connectivity index is 4.46. The van der Waals surface area contributed by atoms with E-state index in [1.165, 1.54) is 0 Å². The van der Waals surface area contributed by atoms with Crippen LogP contribution in [0.25, 0.3) is 0 Å². The molecule has 17 heavy (non-hydrogen) atoms. The van der Waals surface area contributed by atoms with Gasteiger partial charge in [0, 0.05) is 0 Å². The second-order valence-electron chi connectivity index (χ2n) is 3.41. The van der Waals surface area contributed by atoms with Crippen molar-refractivity contribution in [2.45, 2.75) is 25.8 Å². The monoisotopic (exact) mass is 236 g/mol. The van der Waals surface area contributed by atoms with Gasteiger partial charge in [0.2, 0.25) is 0 Å². The van der Waals surface area contributed by atoms with Crippen molar-refractivity contribution in [1.82, 2.24) is 10.2 Å². The molecule has 0 heterocycles. The van der Waals surface area contributed by atoms with Crippen LogP contribution in [0.3, 0.4) is 0 Å². The molecule has 5 nitrogen and oxygen atoms in total. The quantitative estimate of drug-likeness (QED) is 0.660. The third kappa shape index (κ3) is 6.11. The Bertz CT molecular complexity index is 352. The molecule has 0 aliphatic heterocycles. The fourth-order valence-corrected chi connectivity index (χ4v) is 1.20. The van der Waals surface area contributed by atoms with E-state index in [0.29, 0.717) is 6.42 Å². The lowest BCUT2D eigenvalue weighted by Gasteiger charge is -2.21. The van der Waals surface area contributed by atoms with E-state index >= 15 is 0 Å². The second kappa shape index (κ2) is 8.06. The largest absolute Gasteiger partial charge is 0.480 e. The van der Waals surface area contributed by atoms with Crippen molar-refractivity contribution in [2.24, 2.45) is 0 Å². The van der Waals surface area contributed by atoms with Gasteiger partial charge in [0.25, 0.3) is 0 Å². The SMILES string of the molecule is C#CCN(CC(=O)O)C(=O)NC(C#C)CCC. The predicted molar refractivity (Wildman–Crippen MR) is 64.1 cm³/mol. The van der Waals surface area contributed by atoms with Gasteiger partial charge in [0.15, 0.2) is 0 Å². The van der Waals surface area contributed by atoms with Gasteiger partial charge in [-0.25, -0.2) is 4.79 Å². The topological polar surface area (TPSA) is 69.6 Å². The summed E-state index contributed by atoms with van der Waals surface area (Å²) >= 11 is 0. The van der Waals surface area contributed by atoms with E-state index < -0.39 is 24.6 Å². The summed E-state index contributed by atoms with van der Waals surface area (Å²) in [6, 6.07) is -0.955. The van der Waals surface area contributed by atoms with Crippen LogP contribution in [0.5, 0.6) is 0 Å². The number of carboxylic acids is 1. The van der Waals surface area contributed by atoms with Gasteiger partial charge in [0.05, 0.1) is 12.6 Å². The van der Waals surface area contributed by atoms with Crippen LogP contribution in [0.15, 0.2) is 0 Å². The minimum absolute atomic E-state index is 0.0679. The zero-order valence-corrected chi connectivity index (χ0v) is 9.77. The standard InChI is InChI=1S/C12H16N2O3/c1-4-7-10(6-3)13-12(17)14(8-5-2)9-11(15)16/h2-3,10H,4,7-9H2,1H3,(H,13,17)(H,15,16). The number of carbonyl (C=O) groups is 2. The van der Waals surface area contributed by atoms with Crippen molar-refractivity contribution in [3.05, 3.63) is 0 Å². The van der Waals surface area contributed by atoms with E-state index in [1.54, 1.807) is 0 Å². The summed E-state index contributed by atoms with van der Waals surface area (Å²) in [5.74, 6) is 3.53. The maximum atomic E-state index is 11.7. The molecular formula is C12H16N2O3. The highest BCUT2D eigenvalue weighted by molar-refractivity contribution is 5.80. The lowest BCUT2D eigenvalue weighted by Crippen LogP contribution is -2.46. The molecule has 92 valence electrons. The summed E-state index contributed by atoms with van der Waals surface area (Å²) in [4.78, 5) is 23.2.